The topological polar surface area (TPSA) is 21.3 Å². The minimum absolute atomic E-state index is 0.553. The van der Waals surface area contributed by atoms with Crippen LogP contribution in [-0.4, -0.2) is 26.8 Å². The summed E-state index contributed by atoms with van der Waals surface area (Å²) in [4.78, 5) is 0. The monoisotopic (exact) mass is 225 g/mol. The molecular weight excluding hydrogens is 198 g/mol. The molecule has 0 aromatic heterocycles. The summed E-state index contributed by atoms with van der Waals surface area (Å²) < 4.78 is 5.57. The van der Waals surface area contributed by atoms with E-state index in [0.717, 1.165) is 19.1 Å². The van der Waals surface area contributed by atoms with E-state index < -0.39 is 0 Å². The standard InChI is InChI=1S/C14H27NO/c1-15-12-14(8-10-16-11-9-14)13-6-4-2-3-5-7-13/h13,15H,2-12H2,1H3. The Bertz CT molecular complexity index is 185. The van der Waals surface area contributed by atoms with Crippen molar-refractivity contribution in [3.05, 3.63) is 0 Å². The van der Waals surface area contributed by atoms with Gasteiger partial charge in [0.25, 0.3) is 0 Å². The summed E-state index contributed by atoms with van der Waals surface area (Å²) >= 11 is 0. The molecule has 0 spiro atoms. The first kappa shape index (κ1) is 12.4. The molecular formula is C14H27NO. The summed E-state index contributed by atoms with van der Waals surface area (Å²) in [5.74, 6) is 0.950. The average Bonchev–Trinajstić information content (AvgIpc) is 2.59. The molecule has 2 rings (SSSR count). The predicted octanol–water partition coefficient (Wildman–Crippen LogP) is 2.97. The first-order valence-electron chi connectivity index (χ1n) is 7.10. The van der Waals surface area contributed by atoms with Crippen LogP contribution in [0.5, 0.6) is 0 Å². The zero-order valence-electron chi connectivity index (χ0n) is 10.8. The normalized spacial score (nSPS) is 27.6. The summed E-state index contributed by atoms with van der Waals surface area (Å²) in [6, 6.07) is 0. The first-order valence-corrected chi connectivity index (χ1v) is 7.10. The van der Waals surface area contributed by atoms with Gasteiger partial charge in [0.1, 0.15) is 0 Å². The Morgan fingerprint density at radius 2 is 1.69 bits per heavy atom. The predicted molar refractivity (Wildman–Crippen MR) is 67.6 cm³/mol. The van der Waals surface area contributed by atoms with E-state index in [1.807, 2.05) is 0 Å². The highest BCUT2D eigenvalue weighted by molar-refractivity contribution is 4.90. The van der Waals surface area contributed by atoms with Crippen molar-refractivity contribution in [3.8, 4) is 0 Å². The maximum atomic E-state index is 5.57. The number of hydrogen-bond donors (Lipinski definition) is 1. The highest BCUT2D eigenvalue weighted by Crippen LogP contribution is 2.44. The smallest absolute Gasteiger partial charge is 0.0471 e. The Kier molecular flexibility index (Phi) is 4.66. The highest BCUT2D eigenvalue weighted by atomic mass is 16.5. The van der Waals surface area contributed by atoms with E-state index in [1.54, 1.807) is 0 Å². The molecule has 0 aromatic rings. The lowest BCUT2D eigenvalue weighted by molar-refractivity contribution is -0.0214. The van der Waals surface area contributed by atoms with Gasteiger partial charge in [0.05, 0.1) is 0 Å². The van der Waals surface area contributed by atoms with Crippen LogP contribution in [0.3, 0.4) is 0 Å². The Labute approximate surface area is 100 Å². The van der Waals surface area contributed by atoms with E-state index in [9.17, 15) is 0 Å². The van der Waals surface area contributed by atoms with Crippen LogP contribution in [-0.2, 0) is 4.74 Å². The fraction of sp³-hybridized carbons (Fsp3) is 1.00. The van der Waals surface area contributed by atoms with Gasteiger partial charge in [-0.05, 0) is 44.1 Å². The maximum Gasteiger partial charge on any atom is 0.0471 e. The van der Waals surface area contributed by atoms with Crippen molar-refractivity contribution in [2.24, 2.45) is 11.3 Å². The third kappa shape index (κ3) is 2.78. The molecule has 1 saturated heterocycles. The molecule has 2 nitrogen and oxygen atoms in total. The summed E-state index contributed by atoms with van der Waals surface area (Å²) in [7, 11) is 2.11. The second-order valence-electron chi connectivity index (χ2n) is 5.69. The van der Waals surface area contributed by atoms with Crippen molar-refractivity contribution in [3.63, 3.8) is 0 Å². The molecule has 0 radical (unpaired) electrons. The second kappa shape index (κ2) is 6.02. The minimum atomic E-state index is 0.553. The van der Waals surface area contributed by atoms with Crippen LogP contribution in [0.4, 0.5) is 0 Å². The summed E-state index contributed by atoms with van der Waals surface area (Å²) in [5.41, 5.74) is 0.553. The fourth-order valence-electron chi connectivity index (χ4n) is 3.75. The Morgan fingerprint density at radius 3 is 2.25 bits per heavy atom. The molecule has 16 heavy (non-hydrogen) atoms. The van der Waals surface area contributed by atoms with Gasteiger partial charge in [-0.2, -0.15) is 0 Å². The van der Waals surface area contributed by atoms with Crippen LogP contribution in [0.25, 0.3) is 0 Å². The van der Waals surface area contributed by atoms with Gasteiger partial charge in [-0.15, -0.1) is 0 Å². The minimum Gasteiger partial charge on any atom is -0.381 e. The van der Waals surface area contributed by atoms with Crippen molar-refractivity contribution < 1.29 is 4.74 Å². The Morgan fingerprint density at radius 1 is 1.06 bits per heavy atom. The van der Waals surface area contributed by atoms with Gasteiger partial charge in [-0.1, -0.05) is 25.7 Å². The second-order valence-corrected chi connectivity index (χ2v) is 5.69. The zero-order valence-corrected chi connectivity index (χ0v) is 10.8. The van der Waals surface area contributed by atoms with Gasteiger partial charge in [0.15, 0.2) is 0 Å². The molecule has 2 fully saturated rings. The van der Waals surface area contributed by atoms with E-state index in [4.69, 9.17) is 4.74 Å². The molecule has 0 aromatic carbocycles. The van der Waals surface area contributed by atoms with Gasteiger partial charge < -0.3 is 10.1 Å². The molecule has 0 atom stereocenters. The Hall–Kier alpha value is -0.0800. The van der Waals surface area contributed by atoms with Gasteiger partial charge in [0, 0.05) is 19.8 Å². The van der Waals surface area contributed by atoms with Crippen molar-refractivity contribution in [2.45, 2.75) is 51.4 Å². The molecule has 2 aliphatic rings. The molecule has 0 unspecified atom stereocenters. The average molecular weight is 225 g/mol. The molecule has 1 N–H and O–H groups in total. The zero-order chi connectivity index (χ0) is 11.3. The van der Waals surface area contributed by atoms with Crippen molar-refractivity contribution in [1.82, 2.24) is 5.32 Å². The van der Waals surface area contributed by atoms with Crippen LogP contribution < -0.4 is 5.32 Å². The summed E-state index contributed by atoms with van der Waals surface area (Å²) in [6.45, 7) is 3.16. The lowest BCUT2D eigenvalue weighted by atomic mass is 9.67. The summed E-state index contributed by atoms with van der Waals surface area (Å²) in [6.07, 6.45) is 11.3. The lowest BCUT2D eigenvalue weighted by Crippen LogP contribution is -2.43. The molecule has 0 amide bonds. The van der Waals surface area contributed by atoms with Crippen LogP contribution >= 0.6 is 0 Å². The Balaban J connectivity index is 2.03. The maximum absolute atomic E-state index is 5.57. The van der Waals surface area contributed by atoms with Crippen molar-refractivity contribution >= 4 is 0 Å². The van der Waals surface area contributed by atoms with Gasteiger partial charge in [-0.3, -0.25) is 0 Å². The molecule has 2 heteroatoms. The largest absolute Gasteiger partial charge is 0.381 e. The number of ether oxygens (including phenoxy) is 1. The van der Waals surface area contributed by atoms with Crippen LogP contribution in [0.15, 0.2) is 0 Å². The number of nitrogens with one attached hydrogen (secondary N) is 1. The van der Waals surface area contributed by atoms with E-state index in [0.29, 0.717) is 5.41 Å². The SMILES string of the molecule is CNCC1(C2CCCCCC2)CCOCC1. The third-order valence-corrected chi connectivity index (χ3v) is 4.74. The van der Waals surface area contributed by atoms with Crippen LogP contribution in [0.1, 0.15) is 51.4 Å². The quantitative estimate of drug-likeness (QED) is 0.746. The van der Waals surface area contributed by atoms with E-state index in [2.05, 4.69) is 12.4 Å². The van der Waals surface area contributed by atoms with Gasteiger partial charge >= 0.3 is 0 Å². The van der Waals surface area contributed by atoms with Crippen LogP contribution in [0.2, 0.25) is 0 Å². The fourth-order valence-corrected chi connectivity index (χ4v) is 3.75. The molecule has 1 heterocycles. The first-order chi connectivity index (χ1) is 7.87. The van der Waals surface area contributed by atoms with E-state index >= 15 is 0 Å². The van der Waals surface area contributed by atoms with Crippen LogP contribution in [0, 0.1) is 11.3 Å². The number of hydrogen-bond acceptors (Lipinski definition) is 2. The van der Waals surface area contributed by atoms with Gasteiger partial charge in [0.2, 0.25) is 0 Å². The highest BCUT2D eigenvalue weighted by Gasteiger charge is 2.39. The molecule has 94 valence electrons. The molecule has 1 aliphatic heterocycles. The van der Waals surface area contributed by atoms with Crippen molar-refractivity contribution in [1.29, 1.82) is 0 Å². The van der Waals surface area contributed by atoms with Crippen molar-refractivity contribution in [2.75, 3.05) is 26.8 Å². The third-order valence-electron chi connectivity index (χ3n) is 4.74. The van der Waals surface area contributed by atoms with E-state index in [-0.39, 0.29) is 0 Å². The lowest BCUT2D eigenvalue weighted by Gasteiger charge is -2.43. The molecule has 1 aliphatic carbocycles. The van der Waals surface area contributed by atoms with E-state index in [1.165, 1.54) is 57.9 Å². The molecule has 1 saturated carbocycles. The summed E-state index contributed by atoms with van der Waals surface area (Å²) in [5, 5.41) is 3.44. The number of rotatable bonds is 3. The molecule has 0 bridgehead atoms. The van der Waals surface area contributed by atoms with Gasteiger partial charge in [-0.25, -0.2) is 0 Å².